The molecule has 0 fully saturated rings. The number of hydrogen-bond acceptors (Lipinski definition) is 3. The van der Waals surface area contributed by atoms with Gasteiger partial charge in [-0.15, -0.1) is 0 Å². The fourth-order valence-electron chi connectivity index (χ4n) is 1.71. The summed E-state index contributed by atoms with van der Waals surface area (Å²) < 4.78 is 25.9. The largest absolute Gasteiger partial charge is 0.481 e. The van der Waals surface area contributed by atoms with E-state index in [0.29, 0.717) is 10.6 Å². The molecule has 1 N–H and O–H groups in total. The number of rotatable bonds is 6. The average Bonchev–Trinajstić information content (AvgIpc) is 2.28. The predicted molar refractivity (Wildman–Crippen MR) is 72.9 cm³/mol. The topological polar surface area (TPSA) is 74.7 Å². The molecule has 0 atom stereocenters. The summed E-state index contributed by atoms with van der Waals surface area (Å²) in [4.78, 5) is 10.7. The van der Waals surface area contributed by atoms with E-state index in [1.807, 2.05) is 0 Å². The summed E-state index contributed by atoms with van der Waals surface area (Å²) >= 11 is 5.80. The number of hydrogen-bond donors (Lipinski definition) is 1. The van der Waals surface area contributed by atoms with Gasteiger partial charge in [0.15, 0.2) is 0 Å². The van der Waals surface area contributed by atoms with E-state index in [0.717, 1.165) is 4.31 Å². The molecule has 1 aromatic rings. The molecule has 0 spiro atoms. The Bertz CT molecular complexity index is 571. The van der Waals surface area contributed by atoms with Crippen molar-refractivity contribution >= 4 is 27.6 Å². The van der Waals surface area contributed by atoms with Crippen LogP contribution in [0.25, 0.3) is 0 Å². The van der Waals surface area contributed by atoms with Crippen LogP contribution < -0.4 is 0 Å². The number of sulfonamides is 1. The fraction of sp³-hybridized carbons (Fsp3) is 0.417. The highest BCUT2D eigenvalue weighted by Crippen LogP contribution is 2.23. The van der Waals surface area contributed by atoms with Crippen LogP contribution in [0.5, 0.6) is 0 Å². The van der Waals surface area contributed by atoms with Crippen molar-refractivity contribution in [2.45, 2.75) is 25.2 Å². The molecule has 1 aromatic carbocycles. The summed E-state index contributed by atoms with van der Waals surface area (Å²) in [6, 6.07) is 4.52. The molecule has 0 bridgehead atoms. The maximum Gasteiger partial charge on any atom is 0.304 e. The van der Waals surface area contributed by atoms with Gasteiger partial charge in [-0.3, -0.25) is 4.79 Å². The summed E-state index contributed by atoms with van der Waals surface area (Å²) in [6.07, 6.45) is -0.223. The van der Waals surface area contributed by atoms with E-state index in [-0.39, 0.29) is 24.4 Å². The van der Waals surface area contributed by atoms with Gasteiger partial charge in [0.25, 0.3) is 0 Å². The van der Waals surface area contributed by atoms with E-state index in [4.69, 9.17) is 16.7 Å². The van der Waals surface area contributed by atoms with Crippen molar-refractivity contribution in [2.24, 2.45) is 0 Å². The summed E-state index contributed by atoms with van der Waals surface area (Å²) in [5.74, 6) is -1.03. The molecule has 0 aliphatic heterocycles. The van der Waals surface area contributed by atoms with E-state index in [9.17, 15) is 13.2 Å². The second-order valence-electron chi connectivity index (χ2n) is 4.05. The van der Waals surface area contributed by atoms with Crippen LogP contribution in [0.15, 0.2) is 23.1 Å². The molecule has 5 nitrogen and oxygen atoms in total. The third kappa shape index (κ3) is 3.92. The zero-order valence-corrected chi connectivity index (χ0v) is 12.3. The predicted octanol–water partition coefficient (Wildman–Crippen LogP) is 2.13. The molecule has 0 aliphatic rings. The minimum Gasteiger partial charge on any atom is -0.481 e. The van der Waals surface area contributed by atoms with Crippen LogP contribution in [0.4, 0.5) is 0 Å². The zero-order chi connectivity index (χ0) is 14.6. The second kappa shape index (κ2) is 6.36. The van der Waals surface area contributed by atoms with Gasteiger partial charge in [0, 0.05) is 18.1 Å². The van der Waals surface area contributed by atoms with Crippen molar-refractivity contribution in [3.8, 4) is 0 Å². The van der Waals surface area contributed by atoms with Gasteiger partial charge in [0.2, 0.25) is 10.0 Å². The number of nitrogens with zero attached hydrogens (tertiary/aromatic N) is 1. The maximum atomic E-state index is 12.4. The molecule has 0 saturated heterocycles. The van der Waals surface area contributed by atoms with Gasteiger partial charge in [-0.25, -0.2) is 8.42 Å². The monoisotopic (exact) mass is 305 g/mol. The van der Waals surface area contributed by atoms with Crippen LogP contribution in [0.1, 0.15) is 18.9 Å². The van der Waals surface area contributed by atoms with Crippen LogP contribution >= 0.6 is 11.6 Å². The second-order valence-corrected chi connectivity index (χ2v) is 6.39. The first kappa shape index (κ1) is 15.9. The van der Waals surface area contributed by atoms with Crippen molar-refractivity contribution in [1.82, 2.24) is 4.31 Å². The van der Waals surface area contributed by atoms with Gasteiger partial charge >= 0.3 is 5.97 Å². The first-order chi connectivity index (χ1) is 8.78. The Morgan fingerprint density at radius 1 is 1.42 bits per heavy atom. The summed E-state index contributed by atoms with van der Waals surface area (Å²) in [5.41, 5.74) is 0.543. The molecule has 0 saturated carbocycles. The van der Waals surface area contributed by atoms with Gasteiger partial charge in [0.05, 0.1) is 11.3 Å². The fourth-order valence-corrected chi connectivity index (χ4v) is 3.59. The molecule has 7 heteroatoms. The summed E-state index contributed by atoms with van der Waals surface area (Å²) in [5, 5.41) is 9.11. The van der Waals surface area contributed by atoms with Crippen molar-refractivity contribution in [3.63, 3.8) is 0 Å². The maximum absolute atomic E-state index is 12.4. The van der Waals surface area contributed by atoms with Crippen molar-refractivity contribution < 1.29 is 18.3 Å². The molecular weight excluding hydrogens is 290 g/mol. The number of halogens is 1. The van der Waals surface area contributed by atoms with E-state index < -0.39 is 16.0 Å². The number of benzene rings is 1. The van der Waals surface area contributed by atoms with E-state index in [1.54, 1.807) is 19.9 Å². The number of carbonyl (C=O) groups is 1. The molecule has 0 aliphatic carbocycles. The lowest BCUT2D eigenvalue weighted by atomic mass is 10.2. The van der Waals surface area contributed by atoms with Crippen molar-refractivity contribution in [3.05, 3.63) is 28.8 Å². The SMILES string of the molecule is CCN(CCC(=O)O)S(=O)(=O)c1ccc(Cl)cc1C. The molecule has 0 radical (unpaired) electrons. The van der Waals surface area contributed by atoms with Gasteiger partial charge in [0.1, 0.15) is 0 Å². The Balaban J connectivity index is 3.09. The highest BCUT2D eigenvalue weighted by atomic mass is 35.5. The first-order valence-corrected chi connectivity index (χ1v) is 7.59. The Morgan fingerprint density at radius 3 is 2.53 bits per heavy atom. The van der Waals surface area contributed by atoms with E-state index in [1.165, 1.54) is 12.1 Å². The molecule has 1 rings (SSSR count). The quantitative estimate of drug-likeness (QED) is 0.873. The smallest absolute Gasteiger partial charge is 0.304 e. The standard InChI is InChI=1S/C12H16ClNO4S/c1-3-14(7-6-12(15)16)19(17,18)11-5-4-10(13)8-9(11)2/h4-5,8H,3,6-7H2,1-2H3,(H,15,16). The van der Waals surface area contributed by atoms with Crippen molar-refractivity contribution in [1.29, 1.82) is 0 Å². The van der Waals surface area contributed by atoms with Crippen LogP contribution in [0.2, 0.25) is 5.02 Å². The Morgan fingerprint density at radius 2 is 2.05 bits per heavy atom. The third-order valence-electron chi connectivity index (χ3n) is 2.68. The Labute approximate surface area is 117 Å². The lowest BCUT2D eigenvalue weighted by molar-refractivity contribution is -0.137. The minimum atomic E-state index is -3.68. The molecule has 0 heterocycles. The molecule has 19 heavy (non-hydrogen) atoms. The normalized spacial score (nSPS) is 11.8. The van der Waals surface area contributed by atoms with E-state index >= 15 is 0 Å². The summed E-state index contributed by atoms with van der Waals surface area (Å²) in [6.45, 7) is 3.50. The van der Waals surface area contributed by atoms with Gasteiger partial charge in [-0.1, -0.05) is 18.5 Å². The minimum absolute atomic E-state index is 0.0454. The van der Waals surface area contributed by atoms with Crippen LogP contribution in [0, 0.1) is 6.92 Å². The highest BCUT2D eigenvalue weighted by Gasteiger charge is 2.25. The zero-order valence-electron chi connectivity index (χ0n) is 10.8. The van der Waals surface area contributed by atoms with Crippen molar-refractivity contribution in [2.75, 3.05) is 13.1 Å². The molecular formula is C12H16ClNO4S. The Kier molecular flexibility index (Phi) is 5.34. The van der Waals surface area contributed by atoms with E-state index in [2.05, 4.69) is 0 Å². The van der Waals surface area contributed by atoms with Crippen LogP contribution in [-0.2, 0) is 14.8 Å². The Hall–Kier alpha value is -1.11. The van der Waals surface area contributed by atoms with Gasteiger partial charge < -0.3 is 5.11 Å². The molecule has 0 aromatic heterocycles. The molecule has 0 unspecified atom stereocenters. The lowest BCUT2D eigenvalue weighted by Crippen LogP contribution is -2.33. The third-order valence-corrected chi connectivity index (χ3v) is 5.05. The first-order valence-electron chi connectivity index (χ1n) is 5.77. The highest BCUT2D eigenvalue weighted by molar-refractivity contribution is 7.89. The summed E-state index contributed by atoms with van der Waals surface area (Å²) in [7, 11) is -3.68. The van der Waals surface area contributed by atoms with Gasteiger partial charge in [-0.2, -0.15) is 4.31 Å². The number of carboxylic acid groups (broad SMARTS) is 1. The number of aliphatic carboxylic acids is 1. The molecule has 106 valence electrons. The number of aryl methyl sites for hydroxylation is 1. The van der Waals surface area contributed by atoms with Crippen LogP contribution in [0.3, 0.4) is 0 Å². The average molecular weight is 306 g/mol. The molecule has 0 amide bonds. The van der Waals surface area contributed by atoms with Crippen LogP contribution in [-0.4, -0.2) is 36.9 Å². The number of carboxylic acids is 1. The van der Waals surface area contributed by atoms with Gasteiger partial charge in [-0.05, 0) is 30.7 Å². The lowest BCUT2D eigenvalue weighted by Gasteiger charge is -2.20.